The zero-order chi connectivity index (χ0) is 20.4. The van der Waals surface area contributed by atoms with Crippen LogP contribution in [0, 0.1) is 23.6 Å². The maximum atomic E-state index is 14.0. The maximum absolute atomic E-state index is 14.0. The Morgan fingerprint density at radius 3 is 2.70 bits per heavy atom. The number of β-amino-alcohol motifs (C(OH)–C–C–N with tert-alkyl or cyclic N) is 1. The van der Waals surface area contributed by atoms with Gasteiger partial charge in [0.1, 0.15) is 11.9 Å². The van der Waals surface area contributed by atoms with E-state index >= 15 is 0 Å². The van der Waals surface area contributed by atoms with Gasteiger partial charge >= 0.3 is 0 Å². The zero-order valence-electron chi connectivity index (χ0n) is 15.8. The van der Waals surface area contributed by atoms with Gasteiger partial charge in [0.15, 0.2) is 0 Å². The molecular formula is C20H26FN3O3. The number of benzene rings is 1. The first-order valence-corrected chi connectivity index (χ1v) is 8.81. The highest BCUT2D eigenvalue weighted by Crippen LogP contribution is 2.25. The molecule has 1 heterocycles. The molecule has 7 heteroatoms. The predicted octanol–water partition coefficient (Wildman–Crippen LogP) is 0.758. The van der Waals surface area contributed by atoms with Crippen LogP contribution in [0.25, 0.3) is 0 Å². The number of rotatable bonds is 4. The summed E-state index contributed by atoms with van der Waals surface area (Å²) in [5.74, 6) is 0.983. The molecule has 1 saturated heterocycles. The van der Waals surface area contributed by atoms with Crippen LogP contribution in [-0.4, -0.2) is 46.6 Å². The number of carbonyl (C=O) groups excluding carboxylic acids is 2. The molecule has 2 rings (SSSR count). The van der Waals surface area contributed by atoms with Crippen LogP contribution in [-0.2, 0) is 16.1 Å². The number of carbonyl (C=O) groups is 2. The summed E-state index contributed by atoms with van der Waals surface area (Å²) in [6, 6.07) is 2.68. The SMILES string of the molecule is C#Cc1ccc(CNC(=O)[C@@H]2C[C@@H](O)CN2C(=O)C(N)C(C)(C)C)c(F)c1. The number of nitrogens with one attached hydrogen (secondary N) is 1. The monoisotopic (exact) mass is 375 g/mol. The molecule has 1 aromatic rings. The van der Waals surface area contributed by atoms with Crippen LogP contribution in [0.5, 0.6) is 0 Å². The van der Waals surface area contributed by atoms with Crippen molar-refractivity contribution < 1.29 is 19.1 Å². The maximum Gasteiger partial charge on any atom is 0.243 e. The van der Waals surface area contributed by atoms with E-state index in [4.69, 9.17) is 12.2 Å². The number of nitrogens with two attached hydrogens (primary N) is 1. The number of terminal acetylenes is 1. The van der Waals surface area contributed by atoms with E-state index in [9.17, 15) is 19.1 Å². The largest absolute Gasteiger partial charge is 0.391 e. The Morgan fingerprint density at radius 1 is 1.48 bits per heavy atom. The van der Waals surface area contributed by atoms with Crippen molar-refractivity contribution in [2.24, 2.45) is 11.1 Å². The fourth-order valence-electron chi connectivity index (χ4n) is 2.94. The summed E-state index contributed by atoms with van der Waals surface area (Å²) in [7, 11) is 0. The molecule has 1 unspecified atom stereocenters. The molecule has 0 aromatic heterocycles. The third-order valence-corrected chi connectivity index (χ3v) is 4.74. The summed E-state index contributed by atoms with van der Waals surface area (Å²) in [4.78, 5) is 26.6. The van der Waals surface area contributed by atoms with Gasteiger partial charge < -0.3 is 21.1 Å². The third-order valence-electron chi connectivity index (χ3n) is 4.74. The van der Waals surface area contributed by atoms with Gasteiger partial charge in [-0.25, -0.2) is 4.39 Å². The van der Waals surface area contributed by atoms with Crippen LogP contribution in [0.1, 0.15) is 38.3 Å². The number of aliphatic hydroxyl groups excluding tert-OH is 1. The summed E-state index contributed by atoms with van der Waals surface area (Å²) in [5, 5.41) is 12.6. The van der Waals surface area contributed by atoms with Gasteiger partial charge in [-0.3, -0.25) is 9.59 Å². The van der Waals surface area contributed by atoms with Crippen molar-refractivity contribution in [1.82, 2.24) is 10.2 Å². The second kappa shape index (κ2) is 8.07. The molecule has 146 valence electrons. The van der Waals surface area contributed by atoms with Crippen LogP contribution < -0.4 is 11.1 Å². The minimum Gasteiger partial charge on any atom is -0.391 e. The summed E-state index contributed by atoms with van der Waals surface area (Å²) in [6.07, 6.45) is 4.54. The first-order chi connectivity index (χ1) is 12.5. The number of nitrogens with zero attached hydrogens (tertiary/aromatic N) is 1. The molecule has 1 fully saturated rings. The van der Waals surface area contributed by atoms with E-state index in [0.29, 0.717) is 5.56 Å². The number of aliphatic hydroxyl groups is 1. The molecule has 0 bridgehead atoms. The third kappa shape index (κ3) is 4.85. The van der Waals surface area contributed by atoms with Crippen LogP contribution in [0.2, 0.25) is 0 Å². The Hall–Kier alpha value is -2.43. The lowest BCUT2D eigenvalue weighted by Crippen LogP contribution is -2.54. The molecule has 1 aliphatic rings. The molecule has 4 N–H and O–H groups in total. The minimum atomic E-state index is -0.839. The van der Waals surface area contributed by atoms with E-state index in [0.717, 1.165) is 0 Å². The Morgan fingerprint density at radius 2 is 2.15 bits per heavy atom. The van der Waals surface area contributed by atoms with Crippen molar-refractivity contribution in [3.8, 4) is 12.3 Å². The predicted molar refractivity (Wildman–Crippen MR) is 99.7 cm³/mol. The smallest absolute Gasteiger partial charge is 0.243 e. The average Bonchev–Trinajstić information content (AvgIpc) is 3.00. The summed E-state index contributed by atoms with van der Waals surface area (Å²) >= 11 is 0. The van der Waals surface area contributed by atoms with E-state index in [2.05, 4.69) is 11.2 Å². The fourth-order valence-corrected chi connectivity index (χ4v) is 2.94. The Labute approximate surface area is 158 Å². The van der Waals surface area contributed by atoms with Crippen molar-refractivity contribution in [1.29, 1.82) is 0 Å². The van der Waals surface area contributed by atoms with E-state index in [1.54, 1.807) is 6.07 Å². The van der Waals surface area contributed by atoms with Crippen molar-refractivity contribution in [2.75, 3.05) is 6.54 Å². The summed E-state index contributed by atoms with van der Waals surface area (Å²) in [6.45, 7) is 5.50. The standard InChI is InChI=1S/C20H26FN3O3/c1-5-12-6-7-13(15(21)8-12)10-23-18(26)16-9-14(25)11-24(16)19(27)17(22)20(2,3)4/h1,6-8,14,16-17,25H,9-11,22H2,2-4H3,(H,23,26)/t14-,16+,17?/m1/s1. The van der Waals surface area contributed by atoms with Crippen LogP contribution in [0.15, 0.2) is 18.2 Å². The van der Waals surface area contributed by atoms with Crippen molar-refractivity contribution in [2.45, 2.75) is 51.9 Å². The summed E-state index contributed by atoms with van der Waals surface area (Å²) < 4.78 is 14.0. The van der Waals surface area contributed by atoms with E-state index < -0.39 is 35.3 Å². The second-order valence-electron chi connectivity index (χ2n) is 7.91. The second-order valence-corrected chi connectivity index (χ2v) is 7.91. The molecule has 1 aliphatic heterocycles. The average molecular weight is 375 g/mol. The van der Waals surface area contributed by atoms with Crippen molar-refractivity contribution in [3.05, 3.63) is 35.1 Å². The number of halogens is 1. The van der Waals surface area contributed by atoms with Gasteiger partial charge in [-0.15, -0.1) is 6.42 Å². The number of likely N-dealkylation sites (tertiary alicyclic amines) is 1. The summed E-state index contributed by atoms with van der Waals surface area (Å²) in [5.41, 5.74) is 6.24. The van der Waals surface area contributed by atoms with E-state index in [-0.39, 0.29) is 31.0 Å². The van der Waals surface area contributed by atoms with Crippen molar-refractivity contribution in [3.63, 3.8) is 0 Å². The van der Waals surface area contributed by atoms with Crippen LogP contribution in [0.3, 0.4) is 0 Å². The molecular weight excluding hydrogens is 349 g/mol. The Balaban J connectivity index is 2.07. The van der Waals surface area contributed by atoms with Gasteiger partial charge in [0.25, 0.3) is 0 Å². The van der Waals surface area contributed by atoms with Crippen LogP contribution >= 0.6 is 0 Å². The molecule has 0 radical (unpaired) electrons. The highest BCUT2D eigenvalue weighted by atomic mass is 19.1. The van der Waals surface area contributed by atoms with Crippen molar-refractivity contribution >= 4 is 11.8 Å². The van der Waals surface area contributed by atoms with Gasteiger partial charge in [-0.1, -0.05) is 32.8 Å². The minimum absolute atomic E-state index is 0.0462. The van der Waals surface area contributed by atoms with E-state index in [1.807, 2.05) is 20.8 Å². The first kappa shape index (κ1) is 20.9. The molecule has 0 aliphatic carbocycles. The Kier molecular flexibility index (Phi) is 6.24. The molecule has 3 atom stereocenters. The van der Waals surface area contributed by atoms with Gasteiger partial charge in [0.05, 0.1) is 12.1 Å². The number of amides is 2. The molecule has 0 saturated carbocycles. The lowest BCUT2D eigenvalue weighted by molar-refractivity contribution is -0.141. The van der Waals surface area contributed by atoms with Gasteiger partial charge in [-0.2, -0.15) is 0 Å². The topological polar surface area (TPSA) is 95.7 Å². The zero-order valence-corrected chi connectivity index (χ0v) is 15.8. The Bertz CT molecular complexity index is 767. The van der Waals surface area contributed by atoms with Gasteiger partial charge in [0.2, 0.25) is 11.8 Å². The van der Waals surface area contributed by atoms with Crippen LogP contribution in [0.4, 0.5) is 4.39 Å². The molecule has 6 nitrogen and oxygen atoms in total. The molecule has 27 heavy (non-hydrogen) atoms. The quantitative estimate of drug-likeness (QED) is 0.677. The van der Waals surface area contributed by atoms with Gasteiger partial charge in [-0.05, 0) is 17.5 Å². The molecule has 1 aromatic carbocycles. The molecule has 2 amide bonds. The highest BCUT2D eigenvalue weighted by molar-refractivity contribution is 5.90. The highest BCUT2D eigenvalue weighted by Gasteiger charge is 2.42. The first-order valence-electron chi connectivity index (χ1n) is 8.81. The van der Waals surface area contributed by atoms with Gasteiger partial charge in [0, 0.05) is 30.6 Å². The normalized spacial score (nSPS) is 20.9. The molecule has 0 spiro atoms. The fraction of sp³-hybridized carbons (Fsp3) is 0.500. The lowest BCUT2D eigenvalue weighted by Gasteiger charge is -2.32. The lowest BCUT2D eigenvalue weighted by atomic mass is 9.86. The van der Waals surface area contributed by atoms with E-state index in [1.165, 1.54) is 17.0 Å². The number of hydrogen-bond acceptors (Lipinski definition) is 4. The number of hydrogen-bond donors (Lipinski definition) is 3.